The number of fused-ring (bicyclic) bond motifs is 2. The lowest BCUT2D eigenvalue weighted by Crippen LogP contribution is -2.28. The van der Waals surface area contributed by atoms with Crippen LogP contribution in [0.15, 0.2) is 17.5 Å². The summed E-state index contributed by atoms with van der Waals surface area (Å²) in [5, 5.41) is 5.62. The zero-order chi connectivity index (χ0) is 11.0. The van der Waals surface area contributed by atoms with Crippen molar-refractivity contribution in [3.63, 3.8) is 0 Å². The molecule has 1 N–H and O–H groups in total. The van der Waals surface area contributed by atoms with Crippen LogP contribution in [0.1, 0.15) is 30.6 Å². The van der Waals surface area contributed by atoms with Gasteiger partial charge < -0.3 is 5.32 Å². The first-order valence-corrected chi connectivity index (χ1v) is 7.02. The summed E-state index contributed by atoms with van der Waals surface area (Å²) < 4.78 is 0. The second-order valence-electron chi connectivity index (χ2n) is 4.94. The maximum Gasteiger partial charge on any atom is 0.137 e. The molecule has 3 heterocycles. The largest absolute Gasteiger partial charge is 0.310 e. The number of thiophene rings is 1. The molecule has 0 amide bonds. The molecule has 0 aliphatic carbocycles. The highest BCUT2D eigenvalue weighted by Gasteiger charge is 2.41. The molecule has 1 aromatic rings. The maximum atomic E-state index is 12.1. The van der Waals surface area contributed by atoms with Gasteiger partial charge in [-0.25, -0.2) is 0 Å². The first-order chi connectivity index (χ1) is 7.83. The van der Waals surface area contributed by atoms with Crippen LogP contribution in [-0.4, -0.2) is 17.9 Å². The van der Waals surface area contributed by atoms with Gasteiger partial charge in [0.1, 0.15) is 5.78 Å². The van der Waals surface area contributed by atoms with Gasteiger partial charge in [0.15, 0.2) is 0 Å². The Kier molecular flexibility index (Phi) is 2.82. The molecule has 2 fully saturated rings. The predicted octanol–water partition coefficient (Wildman–Crippen LogP) is 2.39. The van der Waals surface area contributed by atoms with E-state index in [2.05, 4.69) is 22.8 Å². The number of Topliss-reactive ketones (excluding diaryl/α,β-unsaturated/α-hetero) is 1. The summed E-state index contributed by atoms with van der Waals surface area (Å²) in [6, 6.07) is 5.32. The zero-order valence-electron chi connectivity index (χ0n) is 9.32. The lowest BCUT2D eigenvalue weighted by atomic mass is 9.84. The van der Waals surface area contributed by atoms with Gasteiger partial charge in [-0.05, 0) is 37.1 Å². The standard InChI is InChI=1S/C13H17NOS/c15-13(6-4-10-2-1-7-16-10)11-8-9-3-5-12(11)14-9/h1-2,7,9,11-12,14H,3-6,8H2. The molecule has 0 saturated carbocycles. The zero-order valence-corrected chi connectivity index (χ0v) is 10.1. The maximum absolute atomic E-state index is 12.1. The molecule has 86 valence electrons. The van der Waals surface area contributed by atoms with Crippen LogP contribution in [0.5, 0.6) is 0 Å². The van der Waals surface area contributed by atoms with E-state index in [1.165, 1.54) is 17.7 Å². The quantitative estimate of drug-likeness (QED) is 0.868. The van der Waals surface area contributed by atoms with Crippen molar-refractivity contribution in [3.8, 4) is 0 Å². The van der Waals surface area contributed by atoms with Crippen molar-refractivity contribution in [2.45, 2.75) is 44.2 Å². The third kappa shape index (κ3) is 1.94. The highest BCUT2D eigenvalue weighted by Crippen LogP contribution is 2.34. The van der Waals surface area contributed by atoms with Gasteiger partial charge in [-0.2, -0.15) is 0 Å². The number of carbonyl (C=O) groups is 1. The molecule has 0 spiro atoms. The molecule has 3 unspecified atom stereocenters. The Morgan fingerprint density at radius 1 is 1.50 bits per heavy atom. The van der Waals surface area contributed by atoms with Crippen LogP contribution in [0.4, 0.5) is 0 Å². The van der Waals surface area contributed by atoms with Crippen molar-refractivity contribution in [1.29, 1.82) is 0 Å². The van der Waals surface area contributed by atoms with Gasteiger partial charge in [0.2, 0.25) is 0 Å². The smallest absolute Gasteiger partial charge is 0.137 e. The van der Waals surface area contributed by atoms with E-state index in [0.29, 0.717) is 23.8 Å². The molecular formula is C13H17NOS. The molecule has 2 bridgehead atoms. The molecule has 2 nitrogen and oxygen atoms in total. The monoisotopic (exact) mass is 235 g/mol. The fourth-order valence-electron chi connectivity index (χ4n) is 3.07. The molecule has 2 aliphatic heterocycles. The Morgan fingerprint density at radius 3 is 3.06 bits per heavy atom. The Balaban J connectivity index is 1.54. The number of rotatable bonds is 4. The van der Waals surface area contributed by atoms with Gasteiger partial charge >= 0.3 is 0 Å². The van der Waals surface area contributed by atoms with E-state index in [1.54, 1.807) is 11.3 Å². The minimum Gasteiger partial charge on any atom is -0.310 e. The number of hydrogen-bond donors (Lipinski definition) is 1. The first kappa shape index (κ1) is 10.5. The molecule has 16 heavy (non-hydrogen) atoms. The molecule has 3 heteroatoms. The fourth-order valence-corrected chi connectivity index (χ4v) is 3.78. The topological polar surface area (TPSA) is 29.1 Å². The van der Waals surface area contributed by atoms with Crippen LogP contribution in [-0.2, 0) is 11.2 Å². The first-order valence-electron chi connectivity index (χ1n) is 6.14. The Morgan fingerprint density at radius 2 is 2.44 bits per heavy atom. The van der Waals surface area contributed by atoms with E-state index in [0.717, 1.165) is 19.3 Å². The lowest BCUT2D eigenvalue weighted by Gasteiger charge is -2.18. The Labute approximate surface area is 100 Å². The summed E-state index contributed by atoms with van der Waals surface area (Å²) in [6.45, 7) is 0. The van der Waals surface area contributed by atoms with Crippen LogP contribution >= 0.6 is 11.3 Å². The van der Waals surface area contributed by atoms with Gasteiger partial charge in [0, 0.05) is 29.3 Å². The van der Waals surface area contributed by atoms with Crippen molar-refractivity contribution in [2.24, 2.45) is 5.92 Å². The van der Waals surface area contributed by atoms with Crippen LogP contribution in [0.3, 0.4) is 0 Å². The molecule has 1 aromatic heterocycles. The lowest BCUT2D eigenvalue weighted by molar-refractivity contribution is -0.123. The van der Waals surface area contributed by atoms with Crippen molar-refractivity contribution >= 4 is 17.1 Å². The highest BCUT2D eigenvalue weighted by atomic mass is 32.1. The van der Waals surface area contributed by atoms with E-state index >= 15 is 0 Å². The fraction of sp³-hybridized carbons (Fsp3) is 0.615. The minimum atomic E-state index is 0.318. The van der Waals surface area contributed by atoms with E-state index < -0.39 is 0 Å². The van der Waals surface area contributed by atoms with Gasteiger partial charge in [-0.3, -0.25) is 4.79 Å². The second-order valence-corrected chi connectivity index (χ2v) is 5.97. The third-order valence-electron chi connectivity index (χ3n) is 3.91. The van der Waals surface area contributed by atoms with Crippen LogP contribution in [0.25, 0.3) is 0 Å². The van der Waals surface area contributed by atoms with E-state index in [1.807, 2.05) is 0 Å². The molecule has 2 saturated heterocycles. The number of aryl methyl sites for hydroxylation is 1. The minimum absolute atomic E-state index is 0.318. The summed E-state index contributed by atoms with van der Waals surface area (Å²) in [7, 11) is 0. The van der Waals surface area contributed by atoms with Gasteiger partial charge in [-0.15, -0.1) is 11.3 Å². The number of ketones is 1. The normalized spacial score (nSPS) is 32.1. The molecule has 0 radical (unpaired) electrons. The molecular weight excluding hydrogens is 218 g/mol. The molecule has 2 aliphatic rings. The molecule has 0 aromatic carbocycles. The summed E-state index contributed by atoms with van der Waals surface area (Å²) >= 11 is 1.75. The Hall–Kier alpha value is -0.670. The number of carbonyl (C=O) groups excluding carboxylic acids is 1. The summed E-state index contributed by atoms with van der Waals surface area (Å²) in [5.74, 6) is 0.798. The van der Waals surface area contributed by atoms with Crippen molar-refractivity contribution in [1.82, 2.24) is 5.32 Å². The predicted molar refractivity (Wildman–Crippen MR) is 65.7 cm³/mol. The summed E-state index contributed by atoms with van der Waals surface area (Å²) in [6.07, 6.45) is 5.24. The average molecular weight is 235 g/mol. The molecule has 3 rings (SSSR count). The van der Waals surface area contributed by atoms with E-state index in [4.69, 9.17) is 0 Å². The van der Waals surface area contributed by atoms with E-state index in [9.17, 15) is 4.79 Å². The van der Waals surface area contributed by atoms with Crippen LogP contribution in [0.2, 0.25) is 0 Å². The average Bonchev–Trinajstić information content (AvgIpc) is 3.01. The van der Waals surface area contributed by atoms with Crippen LogP contribution < -0.4 is 5.32 Å². The molecule has 3 atom stereocenters. The second kappa shape index (κ2) is 4.30. The van der Waals surface area contributed by atoms with Crippen molar-refractivity contribution in [3.05, 3.63) is 22.4 Å². The van der Waals surface area contributed by atoms with Gasteiger partial charge in [0.25, 0.3) is 0 Å². The SMILES string of the molecule is O=C(CCc1cccs1)C1CC2CCC1N2. The highest BCUT2D eigenvalue weighted by molar-refractivity contribution is 7.09. The summed E-state index contributed by atoms with van der Waals surface area (Å²) in [4.78, 5) is 13.4. The van der Waals surface area contributed by atoms with Gasteiger partial charge in [-0.1, -0.05) is 6.07 Å². The number of nitrogens with one attached hydrogen (secondary N) is 1. The summed E-state index contributed by atoms with van der Waals surface area (Å²) in [5.41, 5.74) is 0. The van der Waals surface area contributed by atoms with Gasteiger partial charge in [0.05, 0.1) is 0 Å². The van der Waals surface area contributed by atoms with Crippen molar-refractivity contribution < 1.29 is 4.79 Å². The van der Waals surface area contributed by atoms with E-state index in [-0.39, 0.29) is 0 Å². The van der Waals surface area contributed by atoms with Crippen LogP contribution in [0, 0.1) is 5.92 Å². The number of hydrogen-bond acceptors (Lipinski definition) is 3. The third-order valence-corrected chi connectivity index (χ3v) is 4.85. The van der Waals surface area contributed by atoms with Crippen molar-refractivity contribution in [2.75, 3.05) is 0 Å². The Bertz CT molecular complexity index is 373.